The summed E-state index contributed by atoms with van der Waals surface area (Å²) in [5.74, 6) is 0.108. The van der Waals surface area contributed by atoms with Gasteiger partial charge in [0.25, 0.3) is 0 Å². The maximum absolute atomic E-state index is 11.4. The van der Waals surface area contributed by atoms with Crippen LogP contribution in [0.5, 0.6) is 0 Å². The molecule has 0 aliphatic heterocycles. The second kappa shape index (κ2) is 5.22. The van der Waals surface area contributed by atoms with Gasteiger partial charge in [-0.3, -0.25) is 9.69 Å². The zero-order valence-corrected chi connectivity index (χ0v) is 9.48. The molecule has 0 aromatic heterocycles. The molecule has 13 heavy (non-hydrogen) atoms. The van der Waals surface area contributed by atoms with Gasteiger partial charge >= 0.3 is 0 Å². The molecule has 0 rings (SSSR count). The van der Waals surface area contributed by atoms with E-state index in [1.807, 2.05) is 20.8 Å². The lowest BCUT2D eigenvalue weighted by atomic mass is 10.1. The summed E-state index contributed by atoms with van der Waals surface area (Å²) in [6, 6.07) is 0. The van der Waals surface area contributed by atoms with Crippen LogP contribution >= 0.6 is 0 Å². The lowest BCUT2D eigenvalue weighted by Crippen LogP contribution is -2.45. The third kappa shape index (κ3) is 6.58. The summed E-state index contributed by atoms with van der Waals surface area (Å²) in [6.45, 7) is 12.5. The molecule has 0 unspecified atom stereocenters. The maximum atomic E-state index is 11.4. The highest BCUT2D eigenvalue weighted by Gasteiger charge is 2.14. The number of carbonyl (C=O) groups excluding carboxylic acids is 1. The van der Waals surface area contributed by atoms with E-state index in [1.165, 1.54) is 0 Å². The van der Waals surface area contributed by atoms with E-state index in [0.29, 0.717) is 6.54 Å². The molecular formula is C10H22N2O. The van der Waals surface area contributed by atoms with Gasteiger partial charge in [-0.25, -0.2) is 0 Å². The van der Waals surface area contributed by atoms with E-state index in [4.69, 9.17) is 0 Å². The molecule has 0 aromatic carbocycles. The average Bonchev–Trinajstić information content (AvgIpc) is 1.96. The van der Waals surface area contributed by atoms with Crippen molar-refractivity contribution in [2.75, 3.05) is 19.6 Å². The Morgan fingerprint density at radius 1 is 1.23 bits per heavy atom. The zero-order chi connectivity index (χ0) is 10.5. The van der Waals surface area contributed by atoms with Crippen LogP contribution in [0.2, 0.25) is 0 Å². The molecule has 0 aliphatic rings. The molecule has 0 fully saturated rings. The Hall–Kier alpha value is -0.570. The first-order chi connectivity index (χ1) is 5.89. The van der Waals surface area contributed by atoms with Crippen molar-refractivity contribution in [1.82, 2.24) is 10.2 Å². The van der Waals surface area contributed by atoms with E-state index in [-0.39, 0.29) is 11.4 Å². The first-order valence-electron chi connectivity index (χ1n) is 4.92. The van der Waals surface area contributed by atoms with Gasteiger partial charge in [-0.05, 0) is 33.9 Å². The number of amides is 1. The minimum absolute atomic E-state index is 0.108. The molecule has 0 aliphatic carbocycles. The van der Waals surface area contributed by atoms with Crippen molar-refractivity contribution in [2.45, 2.75) is 40.2 Å². The molecule has 0 saturated carbocycles. The number of hydrogen-bond donors (Lipinski definition) is 1. The number of carbonyl (C=O) groups is 1. The molecule has 0 radical (unpaired) electrons. The number of rotatable bonds is 4. The fraction of sp³-hybridized carbons (Fsp3) is 0.900. The van der Waals surface area contributed by atoms with Crippen molar-refractivity contribution in [3.63, 3.8) is 0 Å². The Morgan fingerprint density at radius 2 is 1.69 bits per heavy atom. The molecule has 3 nitrogen and oxygen atoms in total. The van der Waals surface area contributed by atoms with Crippen LogP contribution in [-0.4, -0.2) is 36.0 Å². The molecule has 0 heterocycles. The van der Waals surface area contributed by atoms with Crippen LogP contribution in [0.4, 0.5) is 0 Å². The predicted octanol–water partition coefficient (Wildman–Crippen LogP) is 1.24. The highest BCUT2D eigenvalue weighted by atomic mass is 16.2. The Bertz CT molecular complexity index is 157. The number of likely N-dealkylation sites (N-methyl/N-ethyl adjacent to an activating group) is 1. The van der Waals surface area contributed by atoms with Gasteiger partial charge in [0.05, 0.1) is 6.54 Å². The summed E-state index contributed by atoms with van der Waals surface area (Å²) in [6.07, 6.45) is 0. The Labute approximate surface area is 81.5 Å². The van der Waals surface area contributed by atoms with Gasteiger partial charge in [0, 0.05) is 5.54 Å². The molecule has 78 valence electrons. The lowest BCUT2D eigenvalue weighted by molar-refractivity contribution is -0.123. The quantitative estimate of drug-likeness (QED) is 0.716. The van der Waals surface area contributed by atoms with Crippen molar-refractivity contribution in [3.05, 3.63) is 0 Å². The third-order valence-electron chi connectivity index (χ3n) is 1.78. The Kier molecular flexibility index (Phi) is 4.99. The van der Waals surface area contributed by atoms with Gasteiger partial charge in [-0.2, -0.15) is 0 Å². The summed E-state index contributed by atoms with van der Waals surface area (Å²) in [5.41, 5.74) is -0.121. The van der Waals surface area contributed by atoms with Crippen molar-refractivity contribution in [3.8, 4) is 0 Å². The molecule has 0 bridgehead atoms. The van der Waals surface area contributed by atoms with Crippen LogP contribution in [-0.2, 0) is 4.79 Å². The van der Waals surface area contributed by atoms with Crippen LogP contribution in [0.3, 0.4) is 0 Å². The summed E-state index contributed by atoms with van der Waals surface area (Å²) in [7, 11) is 0. The van der Waals surface area contributed by atoms with E-state index in [2.05, 4.69) is 24.1 Å². The second-order valence-electron chi connectivity index (χ2n) is 4.26. The summed E-state index contributed by atoms with van der Waals surface area (Å²) in [4.78, 5) is 13.5. The molecule has 1 N–H and O–H groups in total. The number of nitrogens with zero attached hydrogens (tertiary/aromatic N) is 1. The van der Waals surface area contributed by atoms with Crippen molar-refractivity contribution >= 4 is 5.91 Å². The minimum Gasteiger partial charge on any atom is -0.350 e. The lowest BCUT2D eigenvalue weighted by Gasteiger charge is -2.23. The van der Waals surface area contributed by atoms with Gasteiger partial charge in [-0.15, -0.1) is 0 Å². The third-order valence-corrected chi connectivity index (χ3v) is 1.78. The van der Waals surface area contributed by atoms with Gasteiger partial charge in [0.2, 0.25) is 5.91 Å². The van der Waals surface area contributed by atoms with Crippen molar-refractivity contribution in [1.29, 1.82) is 0 Å². The monoisotopic (exact) mass is 186 g/mol. The summed E-state index contributed by atoms with van der Waals surface area (Å²) < 4.78 is 0. The molecular weight excluding hydrogens is 164 g/mol. The molecule has 0 saturated heterocycles. The Balaban J connectivity index is 3.86. The number of hydrogen-bond acceptors (Lipinski definition) is 2. The SMILES string of the molecule is CCN(CC)CC(=O)NC(C)(C)C. The zero-order valence-electron chi connectivity index (χ0n) is 9.48. The second-order valence-corrected chi connectivity index (χ2v) is 4.26. The molecule has 0 atom stereocenters. The van der Waals surface area contributed by atoms with Crippen LogP contribution in [0.1, 0.15) is 34.6 Å². The first kappa shape index (κ1) is 12.4. The molecule has 0 aromatic rings. The van der Waals surface area contributed by atoms with E-state index in [9.17, 15) is 4.79 Å². The van der Waals surface area contributed by atoms with Gasteiger partial charge < -0.3 is 5.32 Å². The predicted molar refractivity (Wildman–Crippen MR) is 55.7 cm³/mol. The highest BCUT2D eigenvalue weighted by Crippen LogP contribution is 1.98. The fourth-order valence-corrected chi connectivity index (χ4v) is 1.11. The van der Waals surface area contributed by atoms with E-state index >= 15 is 0 Å². The smallest absolute Gasteiger partial charge is 0.234 e. The first-order valence-corrected chi connectivity index (χ1v) is 4.92. The van der Waals surface area contributed by atoms with Gasteiger partial charge in [-0.1, -0.05) is 13.8 Å². The molecule has 0 spiro atoms. The van der Waals surface area contributed by atoms with Crippen LogP contribution in [0.15, 0.2) is 0 Å². The van der Waals surface area contributed by atoms with Crippen LogP contribution < -0.4 is 5.32 Å². The summed E-state index contributed by atoms with van der Waals surface area (Å²) >= 11 is 0. The summed E-state index contributed by atoms with van der Waals surface area (Å²) in [5, 5.41) is 2.94. The maximum Gasteiger partial charge on any atom is 0.234 e. The molecule has 1 amide bonds. The topological polar surface area (TPSA) is 32.3 Å². The van der Waals surface area contributed by atoms with E-state index in [1.54, 1.807) is 0 Å². The molecule has 3 heteroatoms. The largest absolute Gasteiger partial charge is 0.350 e. The van der Waals surface area contributed by atoms with E-state index < -0.39 is 0 Å². The fourth-order valence-electron chi connectivity index (χ4n) is 1.11. The Morgan fingerprint density at radius 3 is 2.00 bits per heavy atom. The van der Waals surface area contributed by atoms with Crippen molar-refractivity contribution in [2.24, 2.45) is 0 Å². The number of nitrogens with one attached hydrogen (secondary N) is 1. The minimum atomic E-state index is -0.121. The highest BCUT2D eigenvalue weighted by molar-refractivity contribution is 5.78. The van der Waals surface area contributed by atoms with Crippen LogP contribution in [0.25, 0.3) is 0 Å². The van der Waals surface area contributed by atoms with Gasteiger partial charge in [0.15, 0.2) is 0 Å². The van der Waals surface area contributed by atoms with Crippen molar-refractivity contribution < 1.29 is 4.79 Å². The normalized spacial score (nSPS) is 11.8. The van der Waals surface area contributed by atoms with Gasteiger partial charge in [0.1, 0.15) is 0 Å². The van der Waals surface area contributed by atoms with Crippen LogP contribution in [0, 0.1) is 0 Å². The van der Waals surface area contributed by atoms with E-state index in [0.717, 1.165) is 13.1 Å². The standard InChI is InChI=1S/C10H22N2O/c1-6-12(7-2)8-9(13)11-10(3,4)5/h6-8H2,1-5H3,(H,11,13). The average molecular weight is 186 g/mol.